The normalized spacial score (nSPS) is 10.7. The quantitative estimate of drug-likeness (QED) is 0.714. The van der Waals surface area contributed by atoms with Crippen molar-refractivity contribution < 1.29 is 4.79 Å². The molecule has 0 aliphatic carbocycles. The Hall–Kier alpha value is -2.67. The molecule has 8 heteroatoms. The van der Waals surface area contributed by atoms with Crippen LogP contribution in [0.2, 0.25) is 5.15 Å². The number of nitrogens with two attached hydrogens (primary N) is 1. The van der Waals surface area contributed by atoms with E-state index in [9.17, 15) is 4.79 Å². The molecule has 2 heterocycles. The summed E-state index contributed by atoms with van der Waals surface area (Å²) in [6, 6.07) is 8.36. The van der Waals surface area contributed by atoms with Gasteiger partial charge >= 0.3 is 0 Å². The summed E-state index contributed by atoms with van der Waals surface area (Å²) in [5, 5.41) is 7.48. The molecule has 0 saturated heterocycles. The standard InChI is InChI=1S/C12H9ClN6O/c13-9-5-10(19-12(18-9)15-6-16-19)17-8-3-1-7(2-4-8)11(14)20/h1-6,17H,(H2,14,20). The van der Waals surface area contributed by atoms with Gasteiger partial charge in [0.2, 0.25) is 5.91 Å². The van der Waals surface area contributed by atoms with E-state index < -0.39 is 5.91 Å². The lowest BCUT2D eigenvalue weighted by atomic mass is 10.2. The smallest absolute Gasteiger partial charge is 0.255 e. The van der Waals surface area contributed by atoms with Crippen molar-refractivity contribution in [3.63, 3.8) is 0 Å². The van der Waals surface area contributed by atoms with E-state index in [1.165, 1.54) is 10.8 Å². The van der Waals surface area contributed by atoms with Gasteiger partial charge in [-0.25, -0.2) is 0 Å². The third kappa shape index (κ3) is 2.26. The number of hydrogen-bond donors (Lipinski definition) is 2. The van der Waals surface area contributed by atoms with Crippen molar-refractivity contribution in [2.24, 2.45) is 5.73 Å². The summed E-state index contributed by atoms with van der Waals surface area (Å²) in [6.45, 7) is 0. The van der Waals surface area contributed by atoms with E-state index in [1.54, 1.807) is 30.3 Å². The number of primary amides is 1. The molecule has 3 rings (SSSR count). The summed E-state index contributed by atoms with van der Waals surface area (Å²) < 4.78 is 1.52. The summed E-state index contributed by atoms with van der Waals surface area (Å²) in [4.78, 5) is 19.0. The van der Waals surface area contributed by atoms with Crippen LogP contribution >= 0.6 is 11.6 Å². The number of carbonyl (C=O) groups is 1. The van der Waals surface area contributed by atoms with E-state index in [-0.39, 0.29) is 0 Å². The molecule has 0 aliphatic rings. The van der Waals surface area contributed by atoms with Crippen LogP contribution in [-0.2, 0) is 0 Å². The van der Waals surface area contributed by atoms with E-state index in [1.807, 2.05) is 0 Å². The monoisotopic (exact) mass is 288 g/mol. The third-order valence-electron chi connectivity index (χ3n) is 2.66. The molecule has 0 fully saturated rings. The maximum atomic E-state index is 11.0. The zero-order valence-corrected chi connectivity index (χ0v) is 10.9. The Kier molecular flexibility index (Phi) is 2.96. The van der Waals surface area contributed by atoms with Crippen LogP contribution in [0.5, 0.6) is 0 Å². The molecule has 0 radical (unpaired) electrons. The van der Waals surface area contributed by atoms with Crippen LogP contribution in [-0.4, -0.2) is 25.5 Å². The first kappa shape index (κ1) is 12.4. The van der Waals surface area contributed by atoms with Crippen molar-refractivity contribution in [1.29, 1.82) is 0 Å². The molecule has 0 atom stereocenters. The van der Waals surface area contributed by atoms with Crippen LogP contribution in [0.25, 0.3) is 5.78 Å². The number of aromatic nitrogens is 4. The van der Waals surface area contributed by atoms with E-state index in [0.717, 1.165) is 5.69 Å². The minimum atomic E-state index is -0.470. The second kappa shape index (κ2) is 4.78. The number of nitrogens with one attached hydrogen (secondary N) is 1. The number of carbonyl (C=O) groups excluding carboxylic acids is 1. The number of rotatable bonds is 3. The van der Waals surface area contributed by atoms with Gasteiger partial charge in [-0.1, -0.05) is 11.6 Å². The number of hydrogen-bond acceptors (Lipinski definition) is 5. The Labute approximate surface area is 118 Å². The topological polar surface area (TPSA) is 98.2 Å². The minimum Gasteiger partial charge on any atom is -0.366 e. The summed E-state index contributed by atoms with van der Waals surface area (Å²) in [6.07, 6.45) is 1.39. The molecule has 0 spiro atoms. The van der Waals surface area contributed by atoms with Crippen LogP contribution in [0.15, 0.2) is 36.7 Å². The highest BCUT2D eigenvalue weighted by Crippen LogP contribution is 2.20. The predicted molar refractivity (Wildman–Crippen MR) is 74.0 cm³/mol. The molecule has 20 heavy (non-hydrogen) atoms. The Morgan fingerprint density at radius 2 is 2.05 bits per heavy atom. The number of amides is 1. The first-order chi connectivity index (χ1) is 9.63. The van der Waals surface area contributed by atoms with Gasteiger partial charge in [0.1, 0.15) is 17.3 Å². The molecule has 0 unspecified atom stereocenters. The molecule has 3 N–H and O–H groups in total. The van der Waals surface area contributed by atoms with Gasteiger partial charge in [0.05, 0.1) is 0 Å². The van der Waals surface area contributed by atoms with Crippen molar-refractivity contribution in [1.82, 2.24) is 19.6 Å². The van der Waals surface area contributed by atoms with Gasteiger partial charge < -0.3 is 11.1 Å². The first-order valence-corrected chi connectivity index (χ1v) is 6.04. The molecule has 2 aromatic heterocycles. The van der Waals surface area contributed by atoms with E-state index >= 15 is 0 Å². The van der Waals surface area contributed by atoms with Crippen LogP contribution in [0.4, 0.5) is 11.5 Å². The Bertz CT molecular complexity index is 782. The summed E-state index contributed by atoms with van der Waals surface area (Å²) >= 11 is 5.92. The summed E-state index contributed by atoms with van der Waals surface area (Å²) in [5.41, 5.74) is 6.39. The molecule has 1 amide bonds. The number of nitrogens with zero attached hydrogens (tertiary/aromatic N) is 4. The second-order valence-corrected chi connectivity index (χ2v) is 4.39. The predicted octanol–water partition coefficient (Wildman–Crippen LogP) is 1.62. The van der Waals surface area contributed by atoms with Crippen molar-refractivity contribution in [3.05, 3.63) is 47.4 Å². The SMILES string of the molecule is NC(=O)c1ccc(Nc2cc(Cl)nc3ncnn23)cc1. The lowest BCUT2D eigenvalue weighted by Gasteiger charge is -2.08. The van der Waals surface area contributed by atoms with Crippen LogP contribution in [0.1, 0.15) is 10.4 Å². The third-order valence-corrected chi connectivity index (χ3v) is 2.86. The number of fused-ring (bicyclic) bond motifs is 1. The van der Waals surface area contributed by atoms with Gasteiger partial charge in [-0.2, -0.15) is 19.6 Å². The number of anilines is 2. The molecular weight excluding hydrogens is 280 g/mol. The van der Waals surface area contributed by atoms with Gasteiger partial charge in [-0.15, -0.1) is 0 Å². The van der Waals surface area contributed by atoms with Gasteiger partial charge in [0.15, 0.2) is 0 Å². The van der Waals surface area contributed by atoms with Crippen molar-refractivity contribution >= 4 is 34.8 Å². The van der Waals surface area contributed by atoms with E-state index in [0.29, 0.717) is 22.3 Å². The fraction of sp³-hybridized carbons (Fsp3) is 0. The molecule has 0 saturated carbocycles. The largest absolute Gasteiger partial charge is 0.366 e. The van der Waals surface area contributed by atoms with Crippen LogP contribution in [0, 0.1) is 0 Å². The fourth-order valence-electron chi connectivity index (χ4n) is 1.74. The Morgan fingerprint density at radius 1 is 1.30 bits per heavy atom. The first-order valence-electron chi connectivity index (χ1n) is 5.66. The molecule has 0 aliphatic heterocycles. The Morgan fingerprint density at radius 3 is 2.75 bits per heavy atom. The zero-order chi connectivity index (χ0) is 14.1. The van der Waals surface area contributed by atoms with Crippen molar-refractivity contribution in [2.75, 3.05) is 5.32 Å². The van der Waals surface area contributed by atoms with Gasteiger partial charge in [0.25, 0.3) is 5.78 Å². The van der Waals surface area contributed by atoms with Crippen molar-refractivity contribution in [2.45, 2.75) is 0 Å². The van der Waals surface area contributed by atoms with E-state index in [4.69, 9.17) is 17.3 Å². The maximum absolute atomic E-state index is 11.0. The molecular formula is C12H9ClN6O. The lowest BCUT2D eigenvalue weighted by molar-refractivity contribution is 0.100. The summed E-state index contributed by atoms with van der Waals surface area (Å²) in [5.74, 6) is 0.542. The van der Waals surface area contributed by atoms with Crippen LogP contribution < -0.4 is 11.1 Å². The molecule has 0 bridgehead atoms. The number of halogens is 1. The highest BCUT2D eigenvalue weighted by Gasteiger charge is 2.07. The average Bonchev–Trinajstić information content (AvgIpc) is 2.87. The molecule has 100 valence electrons. The Balaban J connectivity index is 1.96. The zero-order valence-electron chi connectivity index (χ0n) is 10.1. The van der Waals surface area contributed by atoms with Gasteiger partial charge in [-0.05, 0) is 24.3 Å². The number of benzene rings is 1. The fourth-order valence-corrected chi connectivity index (χ4v) is 1.92. The average molecular weight is 289 g/mol. The van der Waals surface area contributed by atoms with Crippen LogP contribution in [0.3, 0.4) is 0 Å². The van der Waals surface area contributed by atoms with Gasteiger partial charge in [0, 0.05) is 17.3 Å². The van der Waals surface area contributed by atoms with E-state index in [2.05, 4.69) is 20.4 Å². The van der Waals surface area contributed by atoms with Crippen molar-refractivity contribution in [3.8, 4) is 0 Å². The summed E-state index contributed by atoms with van der Waals surface area (Å²) in [7, 11) is 0. The van der Waals surface area contributed by atoms with Gasteiger partial charge in [-0.3, -0.25) is 4.79 Å². The molecule has 3 aromatic rings. The minimum absolute atomic E-state index is 0.307. The highest BCUT2D eigenvalue weighted by atomic mass is 35.5. The molecule has 7 nitrogen and oxygen atoms in total. The highest BCUT2D eigenvalue weighted by molar-refractivity contribution is 6.29. The molecule has 1 aromatic carbocycles. The second-order valence-electron chi connectivity index (χ2n) is 4.00. The lowest BCUT2D eigenvalue weighted by Crippen LogP contribution is -2.10. The maximum Gasteiger partial charge on any atom is 0.255 e.